The van der Waals surface area contributed by atoms with Crippen LogP contribution in [0.3, 0.4) is 0 Å². The number of anilines is 2. The van der Waals surface area contributed by atoms with Crippen molar-refractivity contribution in [3.8, 4) is 22.8 Å². The van der Waals surface area contributed by atoms with Crippen LogP contribution in [-0.2, 0) is 0 Å². The molecule has 10 heteroatoms. The van der Waals surface area contributed by atoms with Crippen LogP contribution in [0.15, 0.2) is 55.0 Å². The Labute approximate surface area is 202 Å². The van der Waals surface area contributed by atoms with Crippen LogP contribution in [-0.4, -0.2) is 63.2 Å². The second-order valence-electron chi connectivity index (χ2n) is 8.39. The lowest BCUT2D eigenvalue weighted by Gasteiger charge is -2.29. The minimum Gasteiger partial charge on any atom is -0.497 e. The van der Waals surface area contributed by atoms with E-state index in [2.05, 4.69) is 15.4 Å². The van der Waals surface area contributed by atoms with Crippen molar-refractivity contribution in [1.29, 1.82) is 0 Å². The Bertz CT molecular complexity index is 1340. The van der Waals surface area contributed by atoms with E-state index in [-0.39, 0.29) is 6.04 Å². The standard InChI is InChI=1S/C25H26N6O4/c1-34-20-9-18(10-21(12-20)35-2)28-17-3-4-22-23(11-17)29-24(14-26-22)16-13-27-31(15-16)19-5-7-30(8-6-19)25(32)33/h3-4,9-15,19,28H,5-8H2,1-2H3,(H,32,33). The number of rotatable bonds is 6. The summed E-state index contributed by atoms with van der Waals surface area (Å²) in [7, 11) is 3.24. The zero-order valence-electron chi connectivity index (χ0n) is 19.5. The van der Waals surface area contributed by atoms with Gasteiger partial charge in [-0.3, -0.25) is 9.67 Å². The first-order chi connectivity index (χ1) is 17.0. The van der Waals surface area contributed by atoms with Crippen LogP contribution in [0, 0.1) is 0 Å². The van der Waals surface area contributed by atoms with Crippen LogP contribution in [0.25, 0.3) is 22.3 Å². The highest BCUT2D eigenvalue weighted by Crippen LogP contribution is 2.30. The lowest BCUT2D eigenvalue weighted by molar-refractivity contribution is 0.124. The second kappa shape index (κ2) is 9.49. The summed E-state index contributed by atoms with van der Waals surface area (Å²) in [5.74, 6) is 1.39. The highest BCUT2D eigenvalue weighted by Gasteiger charge is 2.24. The number of piperidine rings is 1. The molecule has 1 saturated heterocycles. The average Bonchev–Trinajstić information content (AvgIpc) is 3.38. The Morgan fingerprint density at radius 2 is 1.74 bits per heavy atom. The van der Waals surface area contributed by atoms with E-state index < -0.39 is 6.09 Å². The molecule has 3 heterocycles. The SMILES string of the molecule is COc1cc(Nc2ccc3ncc(-c4cnn(C5CCN(C(=O)O)CC5)c4)nc3c2)cc(OC)c1. The molecule has 0 saturated carbocycles. The number of nitrogens with one attached hydrogen (secondary N) is 1. The first-order valence-corrected chi connectivity index (χ1v) is 11.3. The minimum atomic E-state index is -0.865. The summed E-state index contributed by atoms with van der Waals surface area (Å²) < 4.78 is 12.6. The lowest BCUT2D eigenvalue weighted by atomic mass is 10.1. The number of hydrogen-bond donors (Lipinski definition) is 2. The third-order valence-electron chi connectivity index (χ3n) is 6.19. The van der Waals surface area contributed by atoms with Gasteiger partial charge >= 0.3 is 6.09 Å². The molecule has 10 nitrogen and oxygen atoms in total. The number of carbonyl (C=O) groups is 1. The van der Waals surface area contributed by atoms with Crippen molar-refractivity contribution < 1.29 is 19.4 Å². The van der Waals surface area contributed by atoms with Crippen LogP contribution in [0.2, 0.25) is 0 Å². The molecule has 180 valence electrons. The highest BCUT2D eigenvalue weighted by atomic mass is 16.5. The van der Waals surface area contributed by atoms with Gasteiger partial charge in [0.05, 0.1) is 49.4 Å². The van der Waals surface area contributed by atoms with E-state index in [1.54, 1.807) is 26.6 Å². The molecular weight excluding hydrogens is 448 g/mol. The largest absolute Gasteiger partial charge is 0.497 e. The molecule has 5 rings (SSSR count). The first kappa shape index (κ1) is 22.5. The lowest BCUT2D eigenvalue weighted by Crippen LogP contribution is -2.38. The van der Waals surface area contributed by atoms with Crippen molar-refractivity contribution in [2.45, 2.75) is 18.9 Å². The van der Waals surface area contributed by atoms with Crippen molar-refractivity contribution >= 4 is 28.5 Å². The molecule has 0 radical (unpaired) electrons. The van der Waals surface area contributed by atoms with Gasteiger partial charge in [0, 0.05) is 54.4 Å². The molecular formula is C25H26N6O4. The van der Waals surface area contributed by atoms with E-state index in [1.807, 2.05) is 47.3 Å². The summed E-state index contributed by atoms with van der Waals surface area (Å²) in [6, 6.07) is 11.6. The van der Waals surface area contributed by atoms with Crippen molar-refractivity contribution in [3.05, 3.63) is 55.0 Å². The number of amides is 1. The van der Waals surface area contributed by atoms with Gasteiger partial charge in [0.2, 0.25) is 0 Å². The smallest absolute Gasteiger partial charge is 0.407 e. The maximum atomic E-state index is 11.2. The van der Waals surface area contributed by atoms with E-state index in [0.29, 0.717) is 24.6 Å². The van der Waals surface area contributed by atoms with E-state index in [0.717, 1.165) is 46.5 Å². The van der Waals surface area contributed by atoms with Gasteiger partial charge in [0.25, 0.3) is 0 Å². The molecule has 0 aliphatic carbocycles. The van der Waals surface area contributed by atoms with Crippen molar-refractivity contribution in [2.75, 3.05) is 32.6 Å². The van der Waals surface area contributed by atoms with Gasteiger partial charge in [-0.2, -0.15) is 5.10 Å². The molecule has 2 aromatic carbocycles. The number of fused-ring (bicyclic) bond motifs is 1. The van der Waals surface area contributed by atoms with Gasteiger partial charge in [0.15, 0.2) is 0 Å². The monoisotopic (exact) mass is 474 g/mol. The summed E-state index contributed by atoms with van der Waals surface area (Å²) in [6.07, 6.45) is 6.10. The molecule has 1 fully saturated rings. The number of benzene rings is 2. The van der Waals surface area contributed by atoms with E-state index in [9.17, 15) is 4.79 Å². The van der Waals surface area contributed by atoms with Crippen LogP contribution in [0.1, 0.15) is 18.9 Å². The van der Waals surface area contributed by atoms with Crippen LogP contribution in [0.4, 0.5) is 16.2 Å². The Morgan fingerprint density at radius 3 is 2.43 bits per heavy atom. The highest BCUT2D eigenvalue weighted by molar-refractivity contribution is 5.82. The normalized spacial score (nSPS) is 14.2. The molecule has 2 aromatic heterocycles. The van der Waals surface area contributed by atoms with Crippen LogP contribution >= 0.6 is 0 Å². The molecule has 0 spiro atoms. The maximum Gasteiger partial charge on any atom is 0.407 e. The maximum absolute atomic E-state index is 11.2. The predicted molar refractivity (Wildman–Crippen MR) is 131 cm³/mol. The Balaban J connectivity index is 1.36. The molecule has 2 N–H and O–H groups in total. The van der Waals surface area contributed by atoms with Gasteiger partial charge in [-0.15, -0.1) is 0 Å². The molecule has 1 aliphatic rings. The fraction of sp³-hybridized carbons (Fsp3) is 0.280. The molecule has 0 unspecified atom stereocenters. The summed E-state index contributed by atoms with van der Waals surface area (Å²) in [5.41, 5.74) is 4.84. The quantitative estimate of drug-likeness (QED) is 0.418. The molecule has 1 amide bonds. The molecule has 1 aliphatic heterocycles. The summed E-state index contributed by atoms with van der Waals surface area (Å²) in [5, 5.41) is 17.0. The molecule has 4 aromatic rings. The van der Waals surface area contributed by atoms with E-state index >= 15 is 0 Å². The second-order valence-corrected chi connectivity index (χ2v) is 8.39. The number of hydrogen-bond acceptors (Lipinski definition) is 7. The van der Waals surface area contributed by atoms with Crippen LogP contribution < -0.4 is 14.8 Å². The zero-order chi connectivity index (χ0) is 24.4. The average molecular weight is 475 g/mol. The number of aromatic nitrogens is 4. The van der Waals surface area contributed by atoms with Crippen LogP contribution in [0.5, 0.6) is 11.5 Å². The van der Waals surface area contributed by atoms with Gasteiger partial charge < -0.3 is 24.8 Å². The summed E-state index contributed by atoms with van der Waals surface area (Å²) >= 11 is 0. The number of likely N-dealkylation sites (tertiary alicyclic amines) is 1. The predicted octanol–water partition coefficient (Wildman–Crippen LogP) is 4.57. The van der Waals surface area contributed by atoms with E-state index in [4.69, 9.17) is 19.6 Å². The summed E-state index contributed by atoms with van der Waals surface area (Å²) in [4.78, 5) is 22.0. The Hall–Kier alpha value is -4.34. The van der Waals surface area contributed by atoms with Crippen molar-refractivity contribution in [3.63, 3.8) is 0 Å². The van der Waals surface area contributed by atoms with Gasteiger partial charge in [0.1, 0.15) is 11.5 Å². The molecule has 0 bridgehead atoms. The zero-order valence-corrected chi connectivity index (χ0v) is 19.5. The Morgan fingerprint density at radius 1 is 1.00 bits per heavy atom. The topological polar surface area (TPSA) is 115 Å². The number of nitrogens with zero attached hydrogens (tertiary/aromatic N) is 5. The minimum absolute atomic E-state index is 0.170. The molecule has 0 atom stereocenters. The fourth-order valence-electron chi connectivity index (χ4n) is 4.27. The number of ether oxygens (including phenoxy) is 2. The fourth-order valence-corrected chi connectivity index (χ4v) is 4.27. The third kappa shape index (κ3) is 4.81. The Kier molecular flexibility index (Phi) is 6.09. The molecule has 35 heavy (non-hydrogen) atoms. The van der Waals surface area contributed by atoms with Gasteiger partial charge in [-0.1, -0.05) is 0 Å². The number of methoxy groups -OCH3 is 2. The summed E-state index contributed by atoms with van der Waals surface area (Å²) in [6.45, 7) is 1.03. The van der Waals surface area contributed by atoms with Gasteiger partial charge in [-0.25, -0.2) is 9.78 Å². The van der Waals surface area contributed by atoms with E-state index in [1.165, 1.54) is 4.90 Å². The number of carboxylic acid groups (broad SMARTS) is 1. The first-order valence-electron chi connectivity index (χ1n) is 11.3. The van der Waals surface area contributed by atoms with Crippen molar-refractivity contribution in [2.24, 2.45) is 0 Å². The third-order valence-corrected chi connectivity index (χ3v) is 6.19. The van der Waals surface area contributed by atoms with Crippen molar-refractivity contribution in [1.82, 2.24) is 24.6 Å². The van der Waals surface area contributed by atoms with Gasteiger partial charge in [-0.05, 0) is 31.0 Å².